The zero-order valence-electron chi connectivity index (χ0n) is 13.6. The van der Waals surface area contributed by atoms with Crippen molar-refractivity contribution in [3.63, 3.8) is 0 Å². The van der Waals surface area contributed by atoms with E-state index in [1.807, 2.05) is 26.0 Å². The van der Waals surface area contributed by atoms with Gasteiger partial charge in [-0.2, -0.15) is 0 Å². The van der Waals surface area contributed by atoms with Gasteiger partial charge in [0.2, 0.25) is 0 Å². The number of hydrogen-bond donors (Lipinski definition) is 1. The van der Waals surface area contributed by atoms with Gasteiger partial charge in [-0.15, -0.1) is 0 Å². The molecule has 0 aliphatic carbocycles. The zero-order valence-corrected chi connectivity index (χ0v) is 13.6. The molecule has 0 spiro atoms. The standard InChI is InChI=1S/C17H28N2O2/c1-13(2)21-15-7-5-14(6-8-15)16(18)17(3,4)19-9-11-20-12-10-19/h5-8,13,16H,9-12,18H2,1-4H3. The van der Waals surface area contributed by atoms with E-state index >= 15 is 0 Å². The van der Waals surface area contributed by atoms with Crippen LogP contribution >= 0.6 is 0 Å². The molecule has 21 heavy (non-hydrogen) atoms. The first-order chi connectivity index (χ1) is 9.91. The highest BCUT2D eigenvalue weighted by molar-refractivity contribution is 5.30. The molecule has 2 N–H and O–H groups in total. The molecule has 0 radical (unpaired) electrons. The van der Waals surface area contributed by atoms with Crippen molar-refractivity contribution in [1.29, 1.82) is 0 Å². The van der Waals surface area contributed by atoms with Crippen molar-refractivity contribution in [2.45, 2.75) is 45.4 Å². The first-order valence-electron chi connectivity index (χ1n) is 7.76. The Labute approximate surface area is 128 Å². The van der Waals surface area contributed by atoms with Gasteiger partial charge in [-0.3, -0.25) is 4.90 Å². The Morgan fingerprint density at radius 2 is 1.71 bits per heavy atom. The van der Waals surface area contributed by atoms with Crippen molar-refractivity contribution in [2.24, 2.45) is 5.73 Å². The molecule has 0 aromatic heterocycles. The van der Waals surface area contributed by atoms with Crippen LogP contribution in [0.4, 0.5) is 0 Å². The summed E-state index contributed by atoms with van der Waals surface area (Å²) in [7, 11) is 0. The van der Waals surface area contributed by atoms with Gasteiger partial charge >= 0.3 is 0 Å². The molecule has 4 heteroatoms. The summed E-state index contributed by atoms with van der Waals surface area (Å²) in [5, 5.41) is 0. The van der Waals surface area contributed by atoms with Crippen molar-refractivity contribution >= 4 is 0 Å². The first-order valence-corrected chi connectivity index (χ1v) is 7.76. The van der Waals surface area contributed by atoms with Crippen LogP contribution < -0.4 is 10.5 Å². The van der Waals surface area contributed by atoms with Crippen LogP contribution in [0.5, 0.6) is 5.75 Å². The minimum absolute atomic E-state index is 0.0382. The van der Waals surface area contributed by atoms with Gasteiger partial charge in [0.1, 0.15) is 5.75 Å². The molecule has 1 heterocycles. The Morgan fingerprint density at radius 3 is 2.24 bits per heavy atom. The van der Waals surface area contributed by atoms with Crippen LogP contribution in [0.3, 0.4) is 0 Å². The third-order valence-corrected chi connectivity index (χ3v) is 4.20. The SMILES string of the molecule is CC(C)Oc1ccc(C(N)C(C)(C)N2CCOCC2)cc1. The zero-order chi connectivity index (χ0) is 15.5. The maximum atomic E-state index is 6.53. The molecule has 2 rings (SSSR count). The fraction of sp³-hybridized carbons (Fsp3) is 0.647. The Bertz CT molecular complexity index is 437. The first kappa shape index (κ1) is 16.3. The van der Waals surface area contributed by atoms with Gasteiger partial charge in [0.15, 0.2) is 0 Å². The fourth-order valence-electron chi connectivity index (χ4n) is 2.77. The Hall–Kier alpha value is -1.10. The smallest absolute Gasteiger partial charge is 0.119 e. The second-order valence-electron chi connectivity index (χ2n) is 6.47. The van der Waals surface area contributed by atoms with Gasteiger partial charge in [-0.25, -0.2) is 0 Å². The summed E-state index contributed by atoms with van der Waals surface area (Å²) in [6.07, 6.45) is 0.189. The predicted molar refractivity (Wildman–Crippen MR) is 85.6 cm³/mol. The highest BCUT2D eigenvalue weighted by Crippen LogP contribution is 2.30. The van der Waals surface area contributed by atoms with E-state index in [-0.39, 0.29) is 17.7 Å². The third-order valence-electron chi connectivity index (χ3n) is 4.20. The van der Waals surface area contributed by atoms with Gasteiger partial charge in [0.25, 0.3) is 0 Å². The molecule has 0 saturated carbocycles. The summed E-state index contributed by atoms with van der Waals surface area (Å²) in [5.41, 5.74) is 7.58. The lowest BCUT2D eigenvalue weighted by Gasteiger charge is -2.44. The van der Waals surface area contributed by atoms with Crippen LogP contribution in [-0.4, -0.2) is 42.8 Å². The topological polar surface area (TPSA) is 47.7 Å². The lowest BCUT2D eigenvalue weighted by molar-refractivity contribution is -0.0190. The molecule has 1 aliphatic rings. The second kappa shape index (κ2) is 6.77. The van der Waals surface area contributed by atoms with Crippen molar-refractivity contribution in [1.82, 2.24) is 4.90 Å². The summed E-state index contributed by atoms with van der Waals surface area (Å²) >= 11 is 0. The van der Waals surface area contributed by atoms with Crippen LogP contribution in [0.2, 0.25) is 0 Å². The van der Waals surface area contributed by atoms with Gasteiger partial charge in [0, 0.05) is 24.7 Å². The van der Waals surface area contributed by atoms with E-state index in [0.29, 0.717) is 0 Å². The average Bonchev–Trinajstić information content (AvgIpc) is 2.47. The van der Waals surface area contributed by atoms with Crippen LogP contribution in [0.1, 0.15) is 39.3 Å². The number of benzene rings is 1. The lowest BCUT2D eigenvalue weighted by Crippen LogP contribution is -2.55. The van der Waals surface area contributed by atoms with Crippen molar-refractivity contribution in [3.8, 4) is 5.75 Å². The highest BCUT2D eigenvalue weighted by Gasteiger charge is 2.34. The largest absolute Gasteiger partial charge is 0.491 e. The number of rotatable bonds is 5. The quantitative estimate of drug-likeness (QED) is 0.906. The highest BCUT2D eigenvalue weighted by atomic mass is 16.5. The monoisotopic (exact) mass is 292 g/mol. The fourth-order valence-corrected chi connectivity index (χ4v) is 2.77. The summed E-state index contributed by atoms with van der Waals surface area (Å²) in [6.45, 7) is 11.9. The van der Waals surface area contributed by atoms with Crippen molar-refractivity contribution in [3.05, 3.63) is 29.8 Å². The minimum Gasteiger partial charge on any atom is -0.491 e. The number of hydrogen-bond acceptors (Lipinski definition) is 4. The maximum Gasteiger partial charge on any atom is 0.119 e. The van der Waals surface area contributed by atoms with Crippen LogP contribution in [0.15, 0.2) is 24.3 Å². The molecular formula is C17H28N2O2. The number of nitrogens with zero attached hydrogens (tertiary/aromatic N) is 1. The second-order valence-corrected chi connectivity index (χ2v) is 6.47. The van der Waals surface area contributed by atoms with E-state index < -0.39 is 0 Å². The van der Waals surface area contributed by atoms with E-state index in [4.69, 9.17) is 15.2 Å². The van der Waals surface area contributed by atoms with E-state index in [2.05, 4.69) is 30.9 Å². The Kier molecular flexibility index (Phi) is 5.25. The van der Waals surface area contributed by atoms with E-state index in [9.17, 15) is 0 Å². The number of nitrogens with two attached hydrogens (primary N) is 1. The number of ether oxygens (including phenoxy) is 2. The van der Waals surface area contributed by atoms with Crippen molar-refractivity contribution in [2.75, 3.05) is 26.3 Å². The van der Waals surface area contributed by atoms with Crippen LogP contribution in [0, 0.1) is 0 Å². The molecule has 118 valence electrons. The van der Waals surface area contributed by atoms with E-state index in [1.165, 1.54) is 0 Å². The van der Waals surface area contributed by atoms with E-state index in [1.54, 1.807) is 0 Å². The molecule has 0 amide bonds. The van der Waals surface area contributed by atoms with Gasteiger partial charge in [-0.05, 0) is 45.4 Å². The molecule has 1 fully saturated rings. The average molecular weight is 292 g/mol. The molecule has 1 unspecified atom stereocenters. The number of morpholine rings is 1. The van der Waals surface area contributed by atoms with Gasteiger partial charge < -0.3 is 15.2 Å². The lowest BCUT2D eigenvalue weighted by atomic mass is 9.87. The molecule has 1 aromatic carbocycles. The minimum atomic E-state index is -0.0931. The summed E-state index contributed by atoms with van der Waals surface area (Å²) in [6, 6.07) is 8.12. The predicted octanol–water partition coefficient (Wildman–Crippen LogP) is 2.58. The summed E-state index contributed by atoms with van der Waals surface area (Å²) in [5.74, 6) is 0.894. The maximum absolute atomic E-state index is 6.53. The molecule has 1 aromatic rings. The van der Waals surface area contributed by atoms with Gasteiger partial charge in [-0.1, -0.05) is 12.1 Å². The molecule has 4 nitrogen and oxygen atoms in total. The third kappa shape index (κ3) is 3.96. The molecular weight excluding hydrogens is 264 g/mol. The molecule has 0 bridgehead atoms. The summed E-state index contributed by atoms with van der Waals surface area (Å²) < 4.78 is 11.1. The molecule has 1 saturated heterocycles. The Morgan fingerprint density at radius 1 is 1.14 bits per heavy atom. The summed E-state index contributed by atoms with van der Waals surface area (Å²) in [4.78, 5) is 2.42. The normalized spacial score (nSPS) is 18.8. The van der Waals surface area contributed by atoms with Crippen molar-refractivity contribution < 1.29 is 9.47 Å². The van der Waals surface area contributed by atoms with Crippen LogP contribution in [0.25, 0.3) is 0 Å². The molecule has 1 aliphatic heterocycles. The molecule has 1 atom stereocenters. The Balaban J connectivity index is 2.08. The van der Waals surface area contributed by atoms with Crippen LogP contribution in [-0.2, 0) is 4.74 Å². The van der Waals surface area contributed by atoms with E-state index in [0.717, 1.165) is 37.6 Å². The van der Waals surface area contributed by atoms with Gasteiger partial charge in [0.05, 0.1) is 19.3 Å².